The number of hydrogen-bond acceptors (Lipinski definition) is 1. The Hall–Kier alpha value is -1.23. The predicted molar refractivity (Wildman–Crippen MR) is 59.8 cm³/mol. The Morgan fingerprint density at radius 1 is 1.38 bits per heavy atom. The van der Waals surface area contributed by atoms with Crippen LogP contribution >= 0.6 is 12.2 Å². The number of fused-ring (bicyclic) bond motifs is 1. The molecular weight excluding hydrogens is 230 g/mol. The van der Waals surface area contributed by atoms with E-state index in [1.54, 1.807) is 4.57 Å². The van der Waals surface area contributed by atoms with Gasteiger partial charge in [-0.15, -0.1) is 0 Å². The molecule has 1 aliphatic carbocycles. The zero-order valence-corrected chi connectivity index (χ0v) is 9.28. The summed E-state index contributed by atoms with van der Waals surface area (Å²) >= 11 is 5.12. The lowest BCUT2D eigenvalue weighted by molar-refractivity contribution is 0.508. The Balaban J connectivity index is 2.27. The summed E-state index contributed by atoms with van der Waals surface area (Å²) in [6.45, 7) is 0.680. The van der Waals surface area contributed by atoms with Crippen LogP contribution in [0.5, 0.6) is 0 Å². The van der Waals surface area contributed by atoms with Gasteiger partial charge in [-0.3, -0.25) is 0 Å². The van der Waals surface area contributed by atoms with E-state index in [0.717, 1.165) is 18.9 Å². The number of hydrogen-bond donors (Lipinski definition) is 1. The maximum atomic E-state index is 13.7. The smallest absolute Gasteiger partial charge is 0.184 e. The van der Waals surface area contributed by atoms with E-state index in [4.69, 9.17) is 12.2 Å². The molecule has 0 unspecified atom stereocenters. The van der Waals surface area contributed by atoms with Gasteiger partial charge in [0.15, 0.2) is 16.4 Å². The molecule has 1 saturated carbocycles. The molecule has 1 heterocycles. The predicted octanol–water partition coefficient (Wildman–Crippen LogP) is 3.39. The zero-order valence-electron chi connectivity index (χ0n) is 8.46. The first-order chi connectivity index (χ1) is 7.66. The minimum Gasteiger partial charge on any atom is -0.330 e. The van der Waals surface area contributed by atoms with Crippen LogP contribution in [0, 0.1) is 22.3 Å². The Morgan fingerprint density at radius 2 is 2.12 bits per heavy atom. The Labute approximate surface area is 95.9 Å². The van der Waals surface area contributed by atoms with Crippen molar-refractivity contribution >= 4 is 23.3 Å². The van der Waals surface area contributed by atoms with Crippen LogP contribution in [0.2, 0.25) is 0 Å². The number of rotatable bonds is 2. The lowest BCUT2D eigenvalue weighted by atomic mass is 10.3. The number of imidazole rings is 1. The molecule has 2 nitrogen and oxygen atoms in total. The highest BCUT2D eigenvalue weighted by atomic mass is 32.1. The average molecular weight is 240 g/mol. The van der Waals surface area contributed by atoms with Gasteiger partial charge in [-0.1, -0.05) is 0 Å². The van der Waals surface area contributed by atoms with Gasteiger partial charge in [-0.25, -0.2) is 8.78 Å². The van der Waals surface area contributed by atoms with E-state index in [0.29, 0.717) is 22.8 Å². The highest BCUT2D eigenvalue weighted by molar-refractivity contribution is 7.71. The molecule has 0 atom stereocenters. The monoisotopic (exact) mass is 240 g/mol. The van der Waals surface area contributed by atoms with E-state index in [-0.39, 0.29) is 5.52 Å². The van der Waals surface area contributed by atoms with Crippen molar-refractivity contribution < 1.29 is 8.78 Å². The number of nitrogens with one attached hydrogen (secondary N) is 1. The highest BCUT2D eigenvalue weighted by Gasteiger charge is 2.24. The molecule has 1 aromatic carbocycles. The van der Waals surface area contributed by atoms with Gasteiger partial charge in [0.2, 0.25) is 0 Å². The number of aromatic amines is 1. The maximum absolute atomic E-state index is 13.7. The van der Waals surface area contributed by atoms with Crippen molar-refractivity contribution in [1.82, 2.24) is 9.55 Å². The van der Waals surface area contributed by atoms with Crippen molar-refractivity contribution in [1.29, 1.82) is 0 Å². The second-order valence-electron chi connectivity index (χ2n) is 4.24. The number of nitrogens with zero attached hydrogens (tertiary/aromatic N) is 1. The molecule has 5 heteroatoms. The molecule has 1 aliphatic rings. The maximum Gasteiger partial charge on any atom is 0.184 e. The molecule has 84 valence electrons. The fraction of sp³-hybridized carbons (Fsp3) is 0.364. The summed E-state index contributed by atoms with van der Waals surface area (Å²) in [5.41, 5.74) is 0.821. The van der Waals surface area contributed by atoms with Gasteiger partial charge in [0.05, 0.1) is 5.52 Å². The first-order valence-electron chi connectivity index (χ1n) is 5.23. The summed E-state index contributed by atoms with van der Waals surface area (Å²) < 4.78 is 29.0. The quantitative estimate of drug-likeness (QED) is 0.798. The van der Waals surface area contributed by atoms with E-state index in [2.05, 4.69) is 4.98 Å². The molecule has 0 spiro atoms. The van der Waals surface area contributed by atoms with Crippen molar-refractivity contribution in [2.45, 2.75) is 19.4 Å². The van der Waals surface area contributed by atoms with E-state index >= 15 is 0 Å². The Bertz CT molecular complexity index is 610. The van der Waals surface area contributed by atoms with Gasteiger partial charge in [-0.2, -0.15) is 0 Å². The molecule has 0 radical (unpaired) electrons. The standard InChI is InChI=1S/C11H10F2N2S/c12-7-3-4-8-10(9(7)13)15(11(16)14-8)5-6-1-2-6/h3-4,6H,1-2,5H2,(H,14,16). The number of aromatic nitrogens is 2. The Kier molecular flexibility index (Phi) is 2.10. The molecule has 0 aliphatic heterocycles. The van der Waals surface area contributed by atoms with Crippen LogP contribution in [0.15, 0.2) is 12.1 Å². The van der Waals surface area contributed by atoms with Crippen LogP contribution in [-0.2, 0) is 6.54 Å². The van der Waals surface area contributed by atoms with Crippen LogP contribution in [0.1, 0.15) is 12.8 Å². The van der Waals surface area contributed by atoms with Crippen molar-refractivity contribution in [3.63, 3.8) is 0 Å². The van der Waals surface area contributed by atoms with Crippen LogP contribution in [0.25, 0.3) is 11.0 Å². The summed E-state index contributed by atoms with van der Waals surface area (Å²) in [5, 5.41) is 0. The normalized spacial score (nSPS) is 15.9. The SMILES string of the molecule is Fc1ccc2[nH]c(=S)n(CC3CC3)c2c1F. The van der Waals surface area contributed by atoms with E-state index < -0.39 is 11.6 Å². The van der Waals surface area contributed by atoms with Gasteiger partial charge >= 0.3 is 0 Å². The minimum atomic E-state index is -0.828. The summed E-state index contributed by atoms with van der Waals surface area (Å²) in [6, 6.07) is 2.64. The third-order valence-electron chi connectivity index (χ3n) is 2.96. The minimum absolute atomic E-state index is 0.261. The molecule has 16 heavy (non-hydrogen) atoms. The van der Waals surface area contributed by atoms with E-state index in [1.807, 2.05) is 0 Å². The lowest BCUT2D eigenvalue weighted by Gasteiger charge is -2.03. The number of H-pyrrole nitrogens is 1. The van der Waals surface area contributed by atoms with Gasteiger partial charge < -0.3 is 9.55 Å². The zero-order chi connectivity index (χ0) is 11.3. The summed E-state index contributed by atoms with van der Waals surface area (Å²) in [5.74, 6) is -1.08. The van der Waals surface area contributed by atoms with Crippen LogP contribution in [0.4, 0.5) is 8.78 Å². The third-order valence-corrected chi connectivity index (χ3v) is 3.29. The molecule has 0 amide bonds. The second kappa shape index (κ2) is 3.38. The van der Waals surface area contributed by atoms with Crippen LogP contribution < -0.4 is 0 Å². The van der Waals surface area contributed by atoms with Gasteiger partial charge in [0.25, 0.3) is 0 Å². The lowest BCUT2D eigenvalue weighted by Crippen LogP contribution is -2.01. The number of halogens is 2. The fourth-order valence-electron chi connectivity index (χ4n) is 1.92. The fourth-order valence-corrected chi connectivity index (χ4v) is 2.20. The summed E-state index contributed by atoms with van der Waals surface area (Å²) in [6.07, 6.45) is 2.29. The average Bonchev–Trinajstić information content (AvgIpc) is 3.00. The molecule has 1 fully saturated rings. The van der Waals surface area contributed by atoms with Crippen molar-refractivity contribution in [2.24, 2.45) is 5.92 Å². The second-order valence-corrected chi connectivity index (χ2v) is 4.63. The van der Waals surface area contributed by atoms with Gasteiger partial charge in [0.1, 0.15) is 5.52 Å². The van der Waals surface area contributed by atoms with Crippen molar-refractivity contribution in [2.75, 3.05) is 0 Å². The molecule has 3 rings (SSSR count). The molecule has 1 aromatic heterocycles. The molecule has 1 N–H and O–H groups in total. The highest BCUT2D eigenvalue weighted by Crippen LogP contribution is 2.32. The van der Waals surface area contributed by atoms with Gasteiger partial charge in [0, 0.05) is 6.54 Å². The molecular formula is C11H10F2N2S. The van der Waals surface area contributed by atoms with Gasteiger partial charge in [-0.05, 0) is 43.1 Å². The van der Waals surface area contributed by atoms with E-state index in [9.17, 15) is 8.78 Å². The molecule has 2 aromatic rings. The Morgan fingerprint density at radius 3 is 2.81 bits per heavy atom. The van der Waals surface area contributed by atoms with Crippen molar-refractivity contribution in [3.05, 3.63) is 28.5 Å². The summed E-state index contributed by atoms with van der Waals surface area (Å²) in [4.78, 5) is 2.90. The van der Waals surface area contributed by atoms with E-state index in [1.165, 1.54) is 6.07 Å². The first kappa shape index (κ1) is 9.96. The third kappa shape index (κ3) is 1.46. The van der Waals surface area contributed by atoms with Crippen LogP contribution in [0.3, 0.4) is 0 Å². The topological polar surface area (TPSA) is 20.7 Å². The molecule has 0 saturated heterocycles. The van der Waals surface area contributed by atoms with Crippen molar-refractivity contribution in [3.8, 4) is 0 Å². The largest absolute Gasteiger partial charge is 0.330 e. The summed E-state index contributed by atoms with van der Waals surface area (Å²) in [7, 11) is 0. The first-order valence-corrected chi connectivity index (χ1v) is 5.64. The molecule has 0 bridgehead atoms. The number of benzene rings is 1. The van der Waals surface area contributed by atoms with Crippen LogP contribution in [-0.4, -0.2) is 9.55 Å².